The van der Waals surface area contributed by atoms with Gasteiger partial charge in [0.1, 0.15) is 19.8 Å². The van der Waals surface area contributed by atoms with Crippen LogP contribution in [0, 0.1) is 0 Å². The average molecular weight is 854 g/mol. The normalized spacial score (nSPS) is 14.5. The fourth-order valence-electron chi connectivity index (χ4n) is 6.24. The van der Waals surface area contributed by atoms with Crippen LogP contribution in [-0.4, -0.2) is 81.2 Å². The van der Waals surface area contributed by atoms with Crippen LogP contribution in [-0.2, 0) is 32.7 Å². The molecule has 344 valence electrons. The summed E-state index contributed by atoms with van der Waals surface area (Å²) in [5.41, 5.74) is 0. The van der Waals surface area contributed by atoms with E-state index >= 15 is 0 Å². The lowest BCUT2D eigenvalue weighted by Gasteiger charge is -2.28. The Balaban J connectivity index is 4.38. The monoisotopic (exact) mass is 854 g/mol. The van der Waals surface area contributed by atoms with Gasteiger partial charge in [0.25, 0.3) is 7.82 Å². The van der Waals surface area contributed by atoms with E-state index in [4.69, 9.17) is 18.5 Å². The van der Waals surface area contributed by atoms with Crippen LogP contribution in [0.2, 0.25) is 0 Å². The van der Waals surface area contributed by atoms with Crippen LogP contribution in [0.1, 0.15) is 187 Å². The maximum absolute atomic E-state index is 12.7. The summed E-state index contributed by atoms with van der Waals surface area (Å²) in [6.07, 6.45) is 43.0. The van der Waals surface area contributed by atoms with Crippen molar-refractivity contribution in [3.63, 3.8) is 0 Å². The standard InChI is InChI=1S/C48H88NO9P/c1-6-8-10-12-14-15-16-17-18-19-20-21-22-23-24-25-27-31-36-40-48(52)58-46(44-57-59(53,54)56-42-41-49(3,4)5)43-55-47(51)39-35-32-28-30-34-38-45(50)37-33-29-26-13-11-9-7-2/h9,11,17-18,26,29,33,37,45-46,50H,6-8,10,12-16,19-25,27-28,30-32,34-36,38-44H2,1-5H3/b11-9+,18-17-,29-26+,37-33+/t45?,46-/m1/s1. The highest BCUT2D eigenvalue weighted by Crippen LogP contribution is 2.38. The number of quaternary nitrogens is 1. The fraction of sp³-hybridized carbons (Fsp3) is 0.792. The number of phosphoric acid groups is 1. The number of rotatable bonds is 42. The lowest BCUT2D eigenvalue weighted by molar-refractivity contribution is -0.870. The second kappa shape index (κ2) is 40.0. The summed E-state index contributed by atoms with van der Waals surface area (Å²) in [6, 6.07) is 0. The first-order valence-corrected chi connectivity index (χ1v) is 24.9. The summed E-state index contributed by atoms with van der Waals surface area (Å²) in [7, 11) is 1.11. The third-order valence-electron chi connectivity index (χ3n) is 9.94. The number of esters is 2. The minimum Gasteiger partial charge on any atom is -0.756 e. The molecule has 0 heterocycles. The SMILES string of the molecule is CC/C=C/C/C=C/C=C/C(O)CCCCCCCC(=O)OC[C@H](COP(=O)([O-])OCC[N+](C)(C)C)OC(=O)CCCCCCCCCCC/C=C\CCCCCCCC. The summed E-state index contributed by atoms with van der Waals surface area (Å²) >= 11 is 0. The molecule has 0 spiro atoms. The first-order chi connectivity index (χ1) is 28.4. The first-order valence-electron chi connectivity index (χ1n) is 23.5. The number of hydrogen-bond donors (Lipinski definition) is 1. The van der Waals surface area contributed by atoms with Crippen LogP contribution in [0.15, 0.2) is 48.6 Å². The van der Waals surface area contributed by atoms with Gasteiger partial charge >= 0.3 is 11.9 Å². The van der Waals surface area contributed by atoms with Crippen LogP contribution >= 0.6 is 7.82 Å². The van der Waals surface area contributed by atoms with Gasteiger partial charge in [-0.15, -0.1) is 0 Å². The molecule has 10 nitrogen and oxygen atoms in total. The van der Waals surface area contributed by atoms with Crippen molar-refractivity contribution >= 4 is 19.8 Å². The Bertz CT molecular complexity index is 1160. The Labute approximate surface area is 361 Å². The Hall–Kier alpha value is -2.07. The number of likely N-dealkylation sites (N-methyl/N-ethyl adjacent to an activating group) is 1. The molecule has 3 atom stereocenters. The van der Waals surface area contributed by atoms with Gasteiger partial charge in [-0.05, 0) is 57.8 Å². The van der Waals surface area contributed by atoms with Gasteiger partial charge in [0, 0.05) is 12.8 Å². The summed E-state index contributed by atoms with van der Waals surface area (Å²) < 4.78 is 33.9. The van der Waals surface area contributed by atoms with E-state index in [9.17, 15) is 24.2 Å². The van der Waals surface area contributed by atoms with Gasteiger partial charge in [-0.3, -0.25) is 14.2 Å². The minimum atomic E-state index is -4.65. The van der Waals surface area contributed by atoms with E-state index in [-0.39, 0.29) is 26.1 Å². The number of aliphatic hydroxyl groups is 1. The summed E-state index contributed by atoms with van der Waals surface area (Å²) in [5.74, 6) is -0.913. The maximum atomic E-state index is 12.7. The number of carbonyl (C=O) groups excluding carboxylic acids is 2. The van der Waals surface area contributed by atoms with Crippen molar-refractivity contribution < 1.29 is 47.2 Å². The highest BCUT2D eigenvalue weighted by molar-refractivity contribution is 7.45. The lowest BCUT2D eigenvalue weighted by atomic mass is 10.1. The molecule has 0 amide bonds. The zero-order valence-corrected chi connectivity index (χ0v) is 39.2. The summed E-state index contributed by atoms with van der Waals surface area (Å²) in [6.45, 7) is 3.98. The highest BCUT2D eigenvalue weighted by atomic mass is 31.2. The van der Waals surface area contributed by atoms with Gasteiger partial charge < -0.3 is 33.0 Å². The molecular weight excluding hydrogens is 765 g/mol. The minimum absolute atomic E-state index is 0.0482. The molecule has 1 N–H and O–H groups in total. The zero-order chi connectivity index (χ0) is 43.7. The molecule has 0 aliphatic rings. The molecule has 0 saturated heterocycles. The molecule has 0 aromatic carbocycles. The maximum Gasteiger partial charge on any atom is 0.306 e. The van der Waals surface area contributed by atoms with Gasteiger partial charge in [0.05, 0.1) is 33.9 Å². The van der Waals surface area contributed by atoms with Crippen LogP contribution in [0.3, 0.4) is 0 Å². The molecule has 0 aliphatic carbocycles. The number of allylic oxidation sites excluding steroid dienone is 7. The van der Waals surface area contributed by atoms with E-state index in [2.05, 4.69) is 44.2 Å². The second-order valence-corrected chi connectivity index (χ2v) is 18.3. The van der Waals surface area contributed by atoms with Gasteiger partial charge in [0.15, 0.2) is 6.10 Å². The summed E-state index contributed by atoms with van der Waals surface area (Å²) in [5, 5.41) is 10.1. The van der Waals surface area contributed by atoms with E-state index < -0.39 is 38.6 Å². The largest absolute Gasteiger partial charge is 0.756 e. The van der Waals surface area contributed by atoms with Crippen LogP contribution in [0.5, 0.6) is 0 Å². The molecule has 0 saturated carbocycles. The van der Waals surface area contributed by atoms with Gasteiger partial charge in [-0.2, -0.15) is 0 Å². The fourth-order valence-corrected chi connectivity index (χ4v) is 6.97. The number of ether oxygens (including phenoxy) is 2. The molecule has 0 fully saturated rings. The van der Waals surface area contributed by atoms with E-state index in [0.717, 1.165) is 57.8 Å². The molecule has 0 rings (SSSR count). The lowest BCUT2D eigenvalue weighted by Crippen LogP contribution is -2.37. The van der Waals surface area contributed by atoms with Crippen molar-refractivity contribution in [3.8, 4) is 0 Å². The molecule has 0 radical (unpaired) electrons. The topological polar surface area (TPSA) is 131 Å². The molecular formula is C48H88NO9P. The first kappa shape index (κ1) is 56.9. The smallest absolute Gasteiger partial charge is 0.306 e. The molecule has 11 heteroatoms. The number of nitrogens with zero attached hydrogens (tertiary/aromatic N) is 1. The Morgan fingerprint density at radius 3 is 1.76 bits per heavy atom. The molecule has 0 aliphatic heterocycles. The van der Waals surface area contributed by atoms with Crippen molar-refractivity contribution in [2.75, 3.05) is 47.5 Å². The number of unbranched alkanes of at least 4 members (excludes halogenated alkanes) is 19. The Morgan fingerprint density at radius 2 is 1.19 bits per heavy atom. The van der Waals surface area contributed by atoms with E-state index in [0.29, 0.717) is 30.3 Å². The van der Waals surface area contributed by atoms with Crippen molar-refractivity contribution in [1.82, 2.24) is 0 Å². The van der Waals surface area contributed by atoms with E-state index in [1.807, 2.05) is 39.4 Å². The summed E-state index contributed by atoms with van der Waals surface area (Å²) in [4.78, 5) is 37.6. The Morgan fingerprint density at radius 1 is 0.644 bits per heavy atom. The van der Waals surface area contributed by atoms with Crippen molar-refractivity contribution in [3.05, 3.63) is 48.6 Å². The predicted octanol–water partition coefficient (Wildman–Crippen LogP) is 11.8. The quantitative estimate of drug-likeness (QED) is 0.0159. The van der Waals surface area contributed by atoms with Crippen LogP contribution in [0.4, 0.5) is 0 Å². The van der Waals surface area contributed by atoms with Crippen LogP contribution in [0.25, 0.3) is 0 Å². The van der Waals surface area contributed by atoms with Crippen molar-refractivity contribution in [2.24, 2.45) is 0 Å². The van der Waals surface area contributed by atoms with Crippen LogP contribution < -0.4 is 4.89 Å². The molecule has 2 unspecified atom stereocenters. The van der Waals surface area contributed by atoms with E-state index in [1.165, 1.54) is 83.5 Å². The molecule has 0 bridgehead atoms. The van der Waals surface area contributed by atoms with Crippen molar-refractivity contribution in [2.45, 2.75) is 199 Å². The molecule has 59 heavy (non-hydrogen) atoms. The third-order valence-corrected chi connectivity index (χ3v) is 10.9. The van der Waals surface area contributed by atoms with Gasteiger partial charge in [-0.25, -0.2) is 0 Å². The predicted molar refractivity (Wildman–Crippen MR) is 242 cm³/mol. The third kappa shape index (κ3) is 43.8. The van der Waals surface area contributed by atoms with Gasteiger partial charge in [-0.1, -0.05) is 165 Å². The average Bonchev–Trinajstić information content (AvgIpc) is 3.18. The van der Waals surface area contributed by atoms with Gasteiger partial charge in [0.2, 0.25) is 0 Å². The number of aliphatic hydroxyl groups excluding tert-OH is 1. The zero-order valence-electron chi connectivity index (χ0n) is 38.3. The highest BCUT2D eigenvalue weighted by Gasteiger charge is 2.21. The van der Waals surface area contributed by atoms with E-state index in [1.54, 1.807) is 0 Å². The number of carbonyl (C=O) groups is 2. The molecule has 0 aromatic heterocycles. The Kier molecular flexibility index (Phi) is 38.6. The number of phosphoric ester groups is 1. The second-order valence-electron chi connectivity index (χ2n) is 16.9. The molecule has 0 aromatic rings. The number of hydrogen-bond acceptors (Lipinski definition) is 9. The van der Waals surface area contributed by atoms with Crippen molar-refractivity contribution in [1.29, 1.82) is 0 Å².